The second-order valence-corrected chi connectivity index (χ2v) is 0. The molecule has 0 amide bonds. The second kappa shape index (κ2) is 700000. The van der Waals surface area contributed by atoms with E-state index in [1.54, 1.807) is 0 Å². The average Bonchev–Trinajstić information content (AvgIpc) is 1.50. The maximum Gasteiger partial charge on any atom is 3.00 e. The van der Waals surface area contributed by atoms with E-state index in [-0.39, 0.29) is 27.5 Å². The van der Waals surface area contributed by atoms with Crippen LogP contribution in [0.25, 0.3) is 0 Å². The van der Waals surface area contributed by atoms with Crippen molar-refractivity contribution in [3.05, 3.63) is 7.43 Å². The van der Waals surface area contributed by atoms with E-state index in [4.69, 9.17) is 9.59 Å². The molecule has 0 rings (SSSR count). The molecular weight excluding hydrogens is 260 g/mol. The van der Waals surface area contributed by atoms with Crippen molar-refractivity contribution >= 4 is 13.6 Å². The fraction of sp³-hybridized carbons (Fsp3) is 0. The van der Waals surface area contributed by atoms with Crippen LogP contribution in [-0.2, 0) is 29.7 Å². The molecule has 0 aliphatic heterocycles. The molecule has 38 valence electrons. The zero-order chi connectivity index (χ0) is 4.00. The summed E-state index contributed by atoms with van der Waals surface area (Å²) in [6, 6.07) is 0. The van der Waals surface area contributed by atoms with Crippen molar-refractivity contribution in [2.75, 3.05) is 0 Å². The van der Waals surface area contributed by atoms with Gasteiger partial charge in [0.1, 0.15) is 0 Å². The third-order valence-electron chi connectivity index (χ3n) is 0. The van der Waals surface area contributed by atoms with Gasteiger partial charge in [0.05, 0.1) is 0 Å². The molecule has 0 aromatic heterocycles. The SMILES string of the molecule is [CH-]=O.[CH-]=O.[CH3-].[Ir+3]. The van der Waals surface area contributed by atoms with Crippen molar-refractivity contribution in [2.45, 2.75) is 0 Å². The van der Waals surface area contributed by atoms with Crippen LogP contribution in [-0.4, -0.2) is 13.6 Å². The van der Waals surface area contributed by atoms with Crippen molar-refractivity contribution in [3.8, 4) is 0 Å². The fourth-order valence-corrected chi connectivity index (χ4v) is 0. The van der Waals surface area contributed by atoms with Gasteiger partial charge >= 0.3 is 20.1 Å². The first-order chi connectivity index (χ1) is 2.00. The maximum absolute atomic E-state index is 7.75. The summed E-state index contributed by atoms with van der Waals surface area (Å²) in [7, 11) is 0. The Bertz CT molecular complexity index is 10.8. The Morgan fingerprint density at radius 1 is 0.833 bits per heavy atom. The first-order valence-electron chi connectivity index (χ1n) is 0.471. The first-order valence-corrected chi connectivity index (χ1v) is 0.471. The number of carbonyl (C=O) groups excluding carboxylic acids is 2. The van der Waals surface area contributed by atoms with Crippen LogP contribution in [0, 0.1) is 7.43 Å². The Hall–Kier alpha value is -0.0106. The van der Waals surface area contributed by atoms with Gasteiger partial charge in [-0.2, -0.15) is 0 Å². The molecule has 0 spiro atoms. The van der Waals surface area contributed by atoms with Crippen LogP contribution >= 0.6 is 0 Å². The van der Waals surface area contributed by atoms with Gasteiger partial charge in [0.25, 0.3) is 0 Å². The number of hydrogen-bond donors (Lipinski definition) is 0. The van der Waals surface area contributed by atoms with Crippen molar-refractivity contribution < 1.29 is 29.7 Å². The zero-order valence-corrected chi connectivity index (χ0v) is 5.70. The minimum Gasteiger partial charge on any atom is -0.545 e. The van der Waals surface area contributed by atoms with E-state index in [9.17, 15) is 0 Å². The van der Waals surface area contributed by atoms with Gasteiger partial charge in [0, 0.05) is 0 Å². The molecule has 0 N–H and O–H groups in total. The molecule has 0 aliphatic carbocycles. The summed E-state index contributed by atoms with van der Waals surface area (Å²) in [6.07, 6.45) is 0. The molecule has 0 fully saturated rings. The van der Waals surface area contributed by atoms with Gasteiger partial charge in [-0.05, 0) is 0 Å². The summed E-state index contributed by atoms with van der Waals surface area (Å²) in [5.41, 5.74) is 0. The molecule has 0 radical (unpaired) electrons. The van der Waals surface area contributed by atoms with Crippen molar-refractivity contribution in [1.29, 1.82) is 0 Å². The topological polar surface area (TPSA) is 34.1 Å². The summed E-state index contributed by atoms with van der Waals surface area (Å²) >= 11 is 0. The number of rotatable bonds is 0. The van der Waals surface area contributed by atoms with Crippen molar-refractivity contribution in [3.63, 3.8) is 0 Å². The van der Waals surface area contributed by atoms with Crippen LogP contribution in [0.15, 0.2) is 0 Å². The molecule has 3 heteroatoms. The first kappa shape index (κ1) is 37.7. The largest absolute Gasteiger partial charge is 3.00 e. The van der Waals surface area contributed by atoms with Crippen molar-refractivity contribution in [1.82, 2.24) is 0 Å². The van der Waals surface area contributed by atoms with Crippen LogP contribution in [0.3, 0.4) is 0 Å². The van der Waals surface area contributed by atoms with Crippen LogP contribution in [0.2, 0.25) is 0 Å². The third-order valence-corrected chi connectivity index (χ3v) is 0. The monoisotopic (exact) mass is 266 g/mol. The van der Waals surface area contributed by atoms with Gasteiger partial charge in [-0.3, -0.25) is 13.6 Å². The molecule has 0 aromatic carbocycles. The summed E-state index contributed by atoms with van der Waals surface area (Å²) in [5.74, 6) is 0. The molecule has 0 unspecified atom stereocenters. The summed E-state index contributed by atoms with van der Waals surface area (Å²) < 4.78 is 0. The third kappa shape index (κ3) is 314000. The minimum atomic E-state index is 0. The Balaban J connectivity index is -0.00000000500. The zero-order valence-electron chi connectivity index (χ0n) is 3.30. The van der Waals surface area contributed by atoms with Crippen molar-refractivity contribution in [2.24, 2.45) is 0 Å². The number of hydrogen-bond acceptors (Lipinski definition) is 2. The fourth-order valence-electron chi connectivity index (χ4n) is 0. The van der Waals surface area contributed by atoms with Crippen LogP contribution in [0.5, 0.6) is 0 Å². The Morgan fingerprint density at radius 3 is 0.833 bits per heavy atom. The molecule has 0 saturated carbocycles. The van der Waals surface area contributed by atoms with Crippen LogP contribution in [0.4, 0.5) is 0 Å². The molecule has 0 saturated heterocycles. The molecule has 6 heavy (non-hydrogen) atoms. The normalized spacial score (nSPS) is 1.33. The van der Waals surface area contributed by atoms with Crippen LogP contribution < -0.4 is 0 Å². The molecule has 2 nitrogen and oxygen atoms in total. The quantitative estimate of drug-likeness (QED) is 0.453. The van der Waals surface area contributed by atoms with E-state index in [1.165, 1.54) is 0 Å². The predicted molar refractivity (Wildman–Crippen MR) is 19.9 cm³/mol. The van der Waals surface area contributed by atoms with E-state index in [0.717, 1.165) is 0 Å². The summed E-state index contributed by atoms with van der Waals surface area (Å²) in [5, 5.41) is 0. The standard InChI is InChI=1S/2CHO.CH3.Ir/c2*1-2;;/h2*1H;1H3;/q3*-1;+3. The Kier molecular flexibility index (Phi) is 4400000. The Labute approximate surface area is 51.3 Å². The van der Waals surface area contributed by atoms with Gasteiger partial charge < -0.3 is 17.0 Å². The molecule has 0 aromatic rings. The second-order valence-electron chi connectivity index (χ2n) is 0. The molecular formula is C3H5IrO2. The van der Waals surface area contributed by atoms with E-state index in [1.807, 2.05) is 0 Å². The molecule has 0 aliphatic rings. The minimum absolute atomic E-state index is 0. The molecule has 0 heterocycles. The summed E-state index contributed by atoms with van der Waals surface area (Å²) in [6.45, 7) is 6.50. The van der Waals surface area contributed by atoms with E-state index in [2.05, 4.69) is 13.6 Å². The smallest absolute Gasteiger partial charge is 0.545 e. The Morgan fingerprint density at radius 2 is 0.833 bits per heavy atom. The van der Waals surface area contributed by atoms with E-state index < -0.39 is 0 Å². The summed E-state index contributed by atoms with van der Waals surface area (Å²) in [4.78, 5) is 15.5. The van der Waals surface area contributed by atoms with E-state index >= 15 is 0 Å². The van der Waals surface area contributed by atoms with Gasteiger partial charge in [-0.25, -0.2) is 0 Å². The van der Waals surface area contributed by atoms with Crippen LogP contribution in [0.1, 0.15) is 0 Å². The maximum atomic E-state index is 7.75. The predicted octanol–water partition coefficient (Wildman–Crippen LogP) is -0.100. The molecule has 0 atom stereocenters. The van der Waals surface area contributed by atoms with E-state index in [0.29, 0.717) is 0 Å². The van der Waals surface area contributed by atoms with Gasteiger partial charge in [0.2, 0.25) is 0 Å². The average molecular weight is 265 g/mol. The van der Waals surface area contributed by atoms with Gasteiger partial charge in [-0.1, -0.05) is 0 Å². The van der Waals surface area contributed by atoms with Gasteiger partial charge in [-0.15, -0.1) is 0 Å². The van der Waals surface area contributed by atoms with Gasteiger partial charge in [0.15, 0.2) is 0 Å². The molecule has 0 bridgehead atoms.